The van der Waals surface area contributed by atoms with Gasteiger partial charge < -0.3 is 16.2 Å². The number of anilines is 1. The van der Waals surface area contributed by atoms with E-state index < -0.39 is 0 Å². The fourth-order valence-corrected chi connectivity index (χ4v) is 2.20. The van der Waals surface area contributed by atoms with E-state index in [0.29, 0.717) is 5.56 Å². The van der Waals surface area contributed by atoms with E-state index in [1.807, 2.05) is 30.3 Å². The first-order chi connectivity index (χ1) is 9.99. The molecule has 4 nitrogen and oxygen atoms in total. The Labute approximate surface area is 124 Å². The van der Waals surface area contributed by atoms with Gasteiger partial charge in [-0.25, -0.2) is 0 Å². The van der Waals surface area contributed by atoms with E-state index in [-0.39, 0.29) is 29.3 Å². The van der Waals surface area contributed by atoms with E-state index in [2.05, 4.69) is 19.2 Å². The monoisotopic (exact) mass is 284 g/mol. The lowest BCUT2D eigenvalue weighted by Crippen LogP contribution is -2.31. The van der Waals surface area contributed by atoms with Crippen molar-refractivity contribution >= 4 is 11.6 Å². The molecule has 0 aromatic heterocycles. The Hall–Kier alpha value is -2.49. The minimum atomic E-state index is -0.229. The summed E-state index contributed by atoms with van der Waals surface area (Å²) in [5.41, 5.74) is 7.25. The highest BCUT2D eigenvalue weighted by Crippen LogP contribution is 2.24. The van der Waals surface area contributed by atoms with E-state index in [4.69, 9.17) is 5.73 Å². The van der Waals surface area contributed by atoms with E-state index in [1.165, 1.54) is 12.1 Å². The molecule has 0 saturated heterocycles. The molecule has 0 aliphatic carbocycles. The summed E-state index contributed by atoms with van der Waals surface area (Å²) in [5.74, 6) is -0.0601. The average Bonchev–Trinajstić information content (AvgIpc) is 2.48. The van der Waals surface area contributed by atoms with Gasteiger partial charge in [-0.2, -0.15) is 0 Å². The van der Waals surface area contributed by atoms with Crippen LogP contribution in [0.4, 0.5) is 5.69 Å². The summed E-state index contributed by atoms with van der Waals surface area (Å²) in [6.07, 6.45) is 0. The maximum Gasteiger partial charge on any atom is 0.251 e. The molecule has 1 atom stereocenters. The summed E-state index contributed by atoms with van der Waals surface area (Å²) in [5, 5.41) is 12.6. The number of hydrogen-bond acceptors (Lipinski definition) is 3. The van der Waals surface area contributed by atoms with Crippen LogP contribution in [0.1, 0.15) is 35.8 Å². The first-order valence-electron chi connectivity index (χ1n) is 6.93. The summed E-state index contributed by atoms with van der Waals surface area (Å²) in [7, 11) is 0. The van der Waals surface area contributed by atoms with Gasteiger partial charge in [0.15, 0.2) is 0 Å². The van der Waals surface area contributed by atoms with Gasteiger partial charge in [0.1, 0.15) is 5.75 Å². The molecule has 2 aromatic rings. The van der Waals surface area contributed by atoms with Gasteiger partial charge in [0, 0.05) is 5.56 Å². The van der Waals surface area contributed by atoms with Crippen LogP contribution in [0, 0.1) is 5.92 Å². The minimum Gasteiger partial charge on any atom is -0.506 e. The highest BCUT2D eigenvalue weighted by atomic mass is 16.3. The second kappa shape index (κ2) is 6.31. The third-order valence-corrected chi connectivity index (χ3v) is 3.40. The quantitative estimate of drug-likeness (QED) is 0.596. The number of nitrogen functional groups attached to an aromatic ring is 1. The molecule has 0 aliphatic rings. The zero-order chi connectivity index (χ0) is 15.4. The van der Waals surface area contributed by atoms with Crippen LogP contribution in [0.15, 0.2) is 48.5 Å². The lowest BCUT2D eigenvalue weighted by atomic mass is 9.95. The molecule has 0 aliphatic heterocycles. The predicted molar refractivity (Wildman–Crippen MR) is 84.0 cm³/mol. The van der Waals surface area contributed by atoms with Crippen LogP contribution >= 0.6 is 0 Å². The van der Waals surface area contributed by atoms with Crippen LogP contribution in [-0.2, 0) is 0 Å². The number of benzene rings is 2. The van der Waals surface area contributed by atoms with E-state index in [9.17, 15) is 9.90 Å². The van der Waals surface area contributed by atoms with Gasteiger partial charge in [-0.1, -0.05) is 44.2 Å². The van der Waals surface area contributed by atoms with Gasteiger partial charge in [0.2, 0.25) is 0 Å². The minimum absolute atomic E-state index is 0.0801. The van der Waals surface area contributed by atoms with Crippen molar-refractivity contribution in [3.63, 3.8) is 0 Å². The SMILES string of the molecule is CC(C)C(NC(=O)c1ccc(N)c(O)c1)c1ccccc1. The summed E-state index contributed by atoms with van der Waals surface area (Å²) in [4.78, 5) is 12.3. The Morgan fingerprint density at radius 1 is 1.14 bits per heavy atom. The summed E-state index contributed by atoms with van der Waals surface area (Å²) in [6, 6.07) is 14.3. The van der Waals surface area contributed by atoms with Crippen LogP contribution in [0.25, 0.3) is 0 Å². The lowest BCUT2D eigenvalue weighted by Gasteiger charge is -2.23. The van der Waals surface area contributed by atoms with E-state index in [1.54, 1.807) is 6.07 Å². The van der Waals surface area contributed by atoms with Crippen molar-refractivity contribution in [2.24, 2.45) is 5.92 Å². The normalized spacial score (nSPS) is 12.1. The molecule has 2 rings (SSSR count). The molecule has 0 heterocycles. The third kappa shape index (κ3) is 3.54. The Morgan fingerprint density at radius 2 is 1.81 bits per heavy atom. The fraction of sp³-hybridized carbons (Fsp3) is 0.235. The van der Waals surface area contributed by atoms with Crippen LogP contribution < -0.4 is 11.1 Å². The molecular weight excluding hydrogens is 264 g/mol. The molecule has 21 heavy (non-hydrogen) atoms. The number of carbonyl (C=O) groups is 1. The summed E-state index contributed by atoms with van der Waals surface area (Å²) in [6.45, 7) is 4.11. The maximum absolute atomic E-state index is 12.3. The molecule has 110 valence electrons. The van der Waals surface area contributed by atoms with Crippen molar-refractivity contribution in [3.05, 3.63) is 59.7 Å². The zero-order valence-corrected chi connectivity index (χ0v) is 12.2. The molecule has 4 heteroatoms. The first-order valence-corrected chi connectivity index (χ1v) is 6.93. The van der Waals surface area contributed by atoms with Gasteiger partial charge in [-0.15, -0.1) is 0 Å². The molecule has 4 N–H and O–H groups in total. The van der Waals surface area contributed by atoms with Gasteiger partial charge in [-0.05, 0) is 29.7 Å². The second-order valence-corrected chi connectivity index (χ2v) is 5.38. The summed E-state index contributed by atoms with van der Waals surface area (Å²) >= 11 is 0. The zero-order valence-electron chi connectivity index (χ0n) is 12.2. The number of nitrogens with two attached hydrogens (primary N) is 1. The van der Waals surface area contributed by atoms with Gasteiger partial charge >= 0.3 is 0 Å². The highest BCUT2D eigenvalue weighted by Gasteiger charge is 2.19. The topological polar surface area (TPSA) is 75.4 Å². The standard InChI is InChI=1S/C17H20N2O2/c1-11(2)16(12-6-4-3-5-7-12)19-17(21)13-8-9-14(18)15(20)10-13/h3-11,16,20H,18H2,1-2H3,(H,19,21). The van der Waals surface area contributed by atoms with Crippen LogP contribution in [0.2, 0.25) is 0 Å². The Bertz CT molecular complexity index is 624. The van der Waals surface area contributed by atoms with Crippen molar-refractivity contribution in [2.45, 2.75) is 19.9 Å². The van der Waals surface area contributed by atoms with Crippen LogP contribution in [-0.4, -0.2) is 11.0 Å². The molecule has 1 amide bonds. The van der Waals surface area contributed by atoms with E-state index >= 15 is 0 Å². The Kier molecular flexibility index (Phi) is 4.48. The Morgan fingerprint density at radius 3 is 2.38 bits per heavy atom. The van der Waals surface area contributed by atoms with Crippen LogP contribution in [0.5, 0.6) is 5.75 Å². The number of aromatic hydroxyl groups is 1. The number of carbonyl (C=O) groups excluding carboxylic acids is 1. The smallest absolute Gasteiger partial charge is 0.251 e. The number of phenolic OH excluding ortho intramolecular Hbond substituents is 1. The average molecular weight is 284 g/mol. The molecule has 0 fully saturated rings. The van der Waals surface area contributed by atoms with Crippen molar-refractivity contribution in [2.75, 3.05) is 5.73 Å². The van der Waals surface area contributed by atoms with Gasteiger partial charge in [0.25, 0.3) is 5.91 Å². The highest BCUT2D eigenvalue weighted by molar-refractivity contribution is 5.95. The van der Waals surface area contributed by atoms with Crippen LogP contribution in [0.3, 0.4) is 0 Å². The molecule has 0 saturated carbocycles. The van der Waals surface area contributed by atoms with Crippen molar-refractivity contribution in [1.29, 1.82) is 0 Å². The molecule has 0 radical (unpaired) electrons. The number of amides is 1. The molecular formula is C17H20N2O2. The largest absolute Gasteiger partial charge is 0.506 e. The molecule has 0 bridgehead atoms. The molecule has 0 spiro atoms. The summed E-state index contributed by atoms with van der Waals surface area (Å²) < 4.78 is 0. The predicted octanol–water partition coefficient (Wildman–Crippen LogP) is 3.10. The number of hydrogen-bond donors (Lipinski definition) is 3. The van der Waals surface area contributed by atoms with Crippen molar-refractivity contribution in [3.8, 4) is 5.75 Å². The maximum atomic E-state index is 12.3. The third-order valence-electron chi connectivity index (χ3n) is 3.40. The van der Waals surface area contributed by atoms with Crippen molar-refractivity contribution in [1.82, 2.24) is 5.32 Å². The van der Waals surface area contributed by atoms with Gasteiger partial charge in [0.05, 0.1) is 11.7 Å². The van der Waals surface area contributed by atoms with Crippen molar-refractivity contribution < 1.29 is 9.90 Å². The number of rotatable bonds is 4. The van der Waals surface area contributed by atoms with Gasteiger partial charge in [-0.3, -0.25) is 4.79 Å². The molecule has 2 aromatic carbocycles. The second-order valence-electron chi connectivity index (χ2n) is 5.38. The Balaban J connectivity index is 2.21. The number of nitrogens with one attached hydrogen (secondary N) is 1. The molecule has 1 unspecified atom stereocenters. The first kappa shape index (κ1) is 14.9. The lowest BCUT2D eigenvalue weighted by molar-refractivity contribution is 0.0925. The van der Waals surface area contributed by atoms with E-state index in [0.717, 1.165) is 5.56 Å². The number of phenols is 1. The fourth-order valence-electron chi connectivity index (χ4n) is 2.20.